The van der Waals surface area contributed by atoms with Crippen molar-refractivity contribution in [3.63, 3.8) is 0 Å². The zero-order chi connectivity index (χ0) is 32.5. The Morgan fingerprint density at radius 1 is 0.870 bits per heavy atom. The number of aromatic nitrogens is 4. The number of aryl methyl sites for hydroxylation is 1. The number of imidazole rings is 1. The van der Waals surface area contributed by atoms with E-state index in [0.717, 1.165) is 5.56 Å². The number of hydrogen-bond donors (Lipinski definition) is 3. The molecule has 4 N–H and O–H groups in total. The number of nitrogens with zero attached hydrogens (tertiary/aromatic N) is 2. The Morgan fingerprint density at radius 3 is 2.24 bits per heavy atom. The number of nitrogens with two attached hydrogens (primary N) is 1. The highest BCUT2D eigenvalue weighted by atomic mass is 35.5. The lowest BCUT2D eigenvalue weighted by molar-refractivity contribution is 0.0188. The molecule has 244 valence electrons. The van der Waals surface area contributed by atoms with Gasteiger partial charge in [0, 0.05) is 17.1 Å². The van der Waals surface area contributed by atoms with Crippen LogP contribution in [0.1, 0.15) is 11.1 Å². The van der Waals surface area contributed by atoms with Gasteiger partial charge >= 0.3 is 0 Å². The van der Waals surface area contributed by atoms with Crippen LogP contribution in [0.15, 0.2) is 76.4 Å². The van der Waals surface area contributed by atoms with Crippen LogP contribution in [0.3, 0.4) is 0 Å². The molecule has 0 aliphatic carbocycles. The molecule has 0 spiro atoms. The van der Waals surface area contributed by atoms with Crippen molar-refractivity contribution >= 4 is 32.5 Å². The predicted octanol–water partition coefficient (Wildman–Crippen LogP) is 4.07. The van der Waals surface area contributed by atoms with E-state index in [2.05, 4.69) is 15.1 Å². The highest BCUT2D eigenvalue weighted by Crippen LogP contribution is 2.25. The summed E-state index contributed by atoms with van der Waals surface area (Å²) in [5.41, 5.74) is 8.81. The fourth-order valence-electron chi connectivity index (χ4n) is 4.83. The molecule has 2 heterocycles. The molecule has 46 heavy (non-hydrogen) atoms. The molecule has 5 rings (SSSR count). The molecule has 0 saturated heterocycles. The lowest BCUT2D eigenvalue weighted by Gasteiger charge is -2.08. The van der Waals surface area contributed by atoms with Crippen LogP contribution in [-0.4, -0.2) is 80.1 Å². The maximum atomic E-state index is 13.7. The summed E-state index contributed by atoms with van der Waals surface area (Å²) in [4.78, 5) is 21.5. The molecule has 0 amide bonds. The van der Waals surface area contributed by atoms with E-state index in [1.54, 1.807) is 42.5 Å². The van der Waals surface area contributed by atoms with Crippen molar-refractivity contribution in [1.29, 1.82) is 0 Å². The maximum absolute atomic E-state index is 13.7. The van der Waals surface area contributed by atoms with Crippen LogP contribution in [0, 0.1) is 5.82 Å². The number of hydrogen-bond acceptors (Lipinski definition) is 8. The van der Waals surface area contributed by atoms with Crippen LogP contribution in [0.5, 0.6) is 0 Å². The Labute approximate surface area is 270 Å². The third kappa shape index (κ3) is 8.49. The molecule has 14 heteroatoms. The van der Waals surface area contributed by atoms with Crippen LogP contribution in [0.4, 0.5) is 4.39 Å². The minimum Gasteiger partial charge on any atom is -0.378 e. The largest absolute Gasteiger partial charge is 0.378 e. The van der Waals surface area contributed by atoms with Crippen molar-refractivity contribution in [3.05, 3.63) is 99.1 Å². The summed E-state index contributed by atoms with van der Waals surface area (Å²) in [6.45, 7) is 2.37. The summed E-state index contributed by atoms with van der Waals surface area (Å²) in [6, 6.07) is 17.6. The number of ether oxygens (including phenoxy) is 3. The molecule has 0 aliphatic rings. The Kier molecular flexibility index (Phi) is 11.4. The third-order valence-corrected chi connectivity index (χ3v) is 9.14. The molecule has 0 bridgehead atoms. The van der Waals surface area contributed by atoms with E-state index >= 15 is 0 Å². The fraction of sp³-hybridized carbons (Fsp3) is 0.312. The van der Waals surface area contributed by atoms with Gasteiger partial charge in [0.15, 0.2) is 9.84 Å². The minimum atomic E-state index is -3.62. The summed E-state index contributed by atoms with van der Waals surface area (Å²) in [5, 5.41) is 3.68. The van der Waals surface area contributed by atoms with E-state index in [1.165, 1.54) is 28.9 Å². The SMILES string of the molecule is NCCOCCOCCOCCS(=O)(=O)c1ccc(-c2[nH]n(-c3nc4ccc(Cl)cc4[nH]3)c(=O)c2CCc2ccc(F)cc2)cc1. The number of fused-ring (bicyclic) bond motifs is 1. The van der Waals surface area contributed by atoms with Crippen molar-refractivity contribution < 1.29 is 27.0 Å². The van der Waals surface area contributed by atoms with Crippen LogP contribution in [0.2, 0.25) is 5.02 Å². The number of benzene rings is 3. The van der Waals surface area contributed by atoms with Gasteiger partial charge in [-0.05, 0) is 66.4 Å². The van der Waals surface area contributed by atoms with Gasteiger partial charge in [0.1, 0.15) is 5.82 Å². The molecule has 0 aliphatic heterocycles. The van der Waals surface area contributed by atoms with Gasteiger partial charge < -0.3 is 24.9 Å². The molecular weight excluding hydrogens is 637 g/mol. The number of halogens is 2. The molecule has 3 aromatic carbocycles. The average molecular weight is 672 g/mol. The molecule has 5 aromatic rings. The third-order valence-electron chi connectivity index (χ3n) is 7.21. The lowest BCUT2D eigenvalue weighted by Crippen LogP contribution is -2.18. The van der Waals surface area contributed by atoms with Crippen molar-refractivity contribution in [2.75, 3.05) is 51.9 Å². The maximum Gasteiger partial charge on any atom is 0.277 e. The van der Waals surface area contributed by atoms with Crippen molar-refractivity contribution in [1.82, 2.24) is 19.7 Å². The van der Waals surface area contributed by atoms with Crippen molar-refractivity contribution in [3.8, 4) is 17.2 Å². The van der Waals surface area contributed by atoms with Gasteiger partial charge in [0.2, 0.25) is 5.95 Å². The topological polar surface area (TPSA) is 154 Å². The van der Waals surface area contributed by atoms with E-state index in [1.807, 2.05) is 0 Å². The lowest BCUT2D eigenvalue weighted by atomic mass is 10.0. The molecule has 0 saturated carbocycles. The summed E-state index contributed by atoms with van der Waals surface area (Å²) >= 11 is 6.13. The second-order valence-corrected chi connectivity index (χ2v) is 13.0. The second kappa shape index (κ2) is 15.6. The Morgan fingerprint density at radius 2 is 1.54 bits per heavy atom. The first-order valence-corrected chi connectivity index (χ1v) is 16.8. The summed E-state index contributed by atoms with van der Waals surface area (Å²) in [7, 11) is -3.62. The van der Waals surface area contributed by atoms with E-state index in [4.69, 9.17) is 31.5 Å². The van der Waals surface area contributed by atoms with Gasteiger partial charge in [-0.15, -0.1) is 0 Å². The quantitative estimate of drug-likeness (QED) is 0.125. The van der Waals surface area contributed by atoms with E-state index < -0.39 is 9.84 Å². The number of nitrogens with one attached hydrogen (secondary N) is 2. The molecule has 2 aromatic heterocycles. The fourth-order valence-corrected chi connectivity index (χ4v) is 6.12. The second-order valence-electron chi connectivity index (χ2n) is 10.4. The predicted molar refractivity (Wildman–Crippen MR) is 174 cm³/mol. The van der Waals surface area contributed by atoms with Crippen molar-refractivity contribution in [2.24, 2.45) is 5.73 Å². The van der Waals surface area contributed by atoms with E-state index in [9.17, 15) is 17.6 Å². The monoisotopic (exact) mass is 671 g/mol. The number of rotatable bonds is 17. The van der Waals surface area contributed by atoms with Gasteiger partial charge in [-0.1, -0.05) is 35.9 Å². The van der Waals surface area contributed by atoms with E-state index in [-0.39, 0.29) is 41.2 Å². The first-order valence-electron chi connectivity index (χ1n) is 14.8. The zero-order valence-corrected chi connectivity index (χ0v) is 26.6. The summed E-state index contributed by atoms with van der Waals surface area (Å²) in [5.74, 6) is -0.256. The average Bonchev–Trinajstić information content (AvgIpc) is 3.61. The summed E-state index contributed by atoms with van der Waals surface area (Å²) in [6.07, 6.45) is 0.826. The van der Waals surface area contributed by atoms with Crippen LogP contribution in [-0.2, 0) is 36.9 Å². The molecular formula is C32H35ClFN5O6S. The van der Waals surface area contributed by atoms with E-state index in [0.29, 0.717) is 78.7 Å². The normalized spacial score (nSPS) is 11.9. The smallest absolute Gasteiger partial charge is 0.277 e. The minimum absolute atomic E-state index is 0.0174. The highest BCUT2D eigenvalue weighted by Gasteiger charge is 2.20. The van der Waals surface area contributed by atoms with Gasteiger partial charge in [-0.2, -0.15) is 4.68 Å². The summed E-state index contributed by atoms with van der Waals surface area (Å²) < 4.78 is 56.7. The number of aromatic amines is 2. The first kappa shape index (κ1) is 33.5. The standard InChI is InChI=1S/C32H35ClFN5O6S/c33-24-6-12-28-29(21-24)37-32(36-28)39-31(40)27(11-3-22-1-7-25(34)8-2-22)30(38-39)23-4-9-26(10-5-23)46(41,42)20-19-45-18-17-44-16-15-43-14-13-35/h1-2,4-10,12,21,38H,3,11,13-20,35H2,(H,36,37). The molecule has 0 fully saturated rings. The van der Waals surface area contributed by atoms with Crippen LogP contribution >= 0.6 is 11.6 Å². The zero-order valence-electron chi connectivity index (χ0n) is 25.0. The van der Waals surface area contributed by atoms with Crippen LogP contribution < -0.4 is 11.3 Å². The van der Waals surface area contributed by atoms with Gasteiger partial charge in [-0.3, -0.25) is 9.89 Å². The Bertz CT molecular complexity index is 1910. The number of sulfone groups is 1. The molecule has 0 radical (unpaired) electrons. The Hall–Kier alpha value is -3.85. The Balaban J connectivity index is 1.31. The van der Waals surface area contributed by atoms with Gasteiger partial charge in [0.05, 0.1) is 67.0 Å². The molecule has 0 unspecified atom stereocenters. The van der Waals surface area contributed by atoms with Crippen LogP contribution in [0.25, 0.3) is 28.2 Å². The van der Waals surface area contributed by atoms with Gasteiger partial charge in [-0.25, -0.2) is 17.8 Å². The first-order chi connectivity index (χ1) is 22.2. The van der Waals surface area contributed by atoms with Crippen molar-refractivity contribution in [2.45, 2.75) is 17.7 Å². The number of H-pyrrole nitrogens is 2. The van der Waals surface area contributed by atoms with Gasteiger partial charge in [0.25, 0.3) is 5.56 Å². The molecule has 11 nitrogen and oxygen atoms in total. The molecule has 0 atom stereocenters. The highest BCUT2D eigenvalue weighted by molar-refractivity contribution is 7.91.